The average molecular weight is 478 g/mol. The van der Waals surface area contributed by atoms with Gasteiger partial charge in [0.15, 0.2) is 11.5 Å². The van der Waals surface area contributed by atoms with Gasteiger partial charge >= 0.3 is 0 Å². The highest BCUT2D eigenvalue weighted by Crippen LogP contribution is 2.34. The zero-order chi connectivity index (χ0) is 23.4. The van der Waals surface area contributed by atoms with Crippen LogP contribution in [0.2, 0.25) is 0 Å². The van der Waals surface area contributed by atoms with Gasteiger partial charge in [-0.25, -0.2) is 0 Å². The minimum absolute atomic E-state index is 0.205. The minimum atomic E-state index is -4.38. The molecule has 0 radical (unpaired) electrons. The molecule has 0 aromatic rings. The standard InChI is InChI=1S/C18H22O11S2/c1-5-27-30(21,22)17-7-11(19)13(25-3)9-15(17)29-16-10-14(26-4)12(20)8-18(16)31(23,24)28-6-2/h9-10H,5-8H2,1-4H3. The molecule has 0 unspecified atom stereocenters. The van der Waals surface area contributed by atoms with E-state index in [0.29, 0.717) is 0 Å². The molecule has 0 saturated heterocycles. The first-order valence-corrected chi connectivity index (χ1v) is 11.8. The summed E-state index contributed by atoms with van der Waals surface area (Å²) in [6.07, 6.45) is 0.759. The summed E-state index contributed by atoms with van der Waals surface area (Å²) in [4.78, 5) is 23.3. The molecule has 0 fully saturated rings. The molecule has 2 rings (SSSR count). The quantitative estimate of drug-likeness (QED) is 0.416. The summed E-state index contributed by atoms with van der Waals surface area (Å²) in [5.41, 5.74) is 0. The first-order valence-electron chi connectivity index (χ1n) is 9.01. The minimum Gasteiger partial charge on any atom is -0.493 e. The zero-order valence-corrected chi connectivity index (χ0v) is 18.9. The molecular formula is C18H22O11S2. The van der Waals surface area contributed by atoms with Gasteiger partial charge in [-0.1, -0.05) is 0 Å². The third kappa shape index (κ3) is 5.42. The number of ether oxygens (including phenoxy) is 3. The van der Waals surface area contributed by atoms with Crippen LogP contribution in [0.3, 0.4) is 0 Å². The van der Waals surface area contributed by atoms with Crippen LogP contribution in [0.15, 0.2) is 45.0 Å². The summed E-state index contributed by atoms with van der Waals surface area (Å²) in [7, 11) is -6.35. The van der Waals surface area contributed by atoms with Crippen LogP contribution in [-0.2, 0) is 52.4 Å². The van der Waals surface area contributed by atoms with Gasteiger partial charge in [-0.3, -0.25) is 18.0 Å². The molecule has 0 aromatic carbocycles. The van der Waals surface area contributed by atoms with Crippen molar-refractivity contribution >= 4 is 31.8 Å². The van der Waals surface area contributed by atoms with Crippen molar-refractivity contribution in [2.75, 3.05) is 27.4 Å². The first-order chi connectivity index (χ1) is 14.5. The van der Waals surface area contributed by atoms with Crippen molar-refractivity contribution < 1.29 is 49.0 Å². The molecular weight excluding hydrogens is 456 g/mol. The van der Waals surface area contributed by atoms with Crippen molar-refractivity contribution in [1.82, 2.24) is 0 Å². The van der Waals surface area contributed by atoms with Crippen LogP contribution < -0.4 is 0 Å². The monoisotopic (exact) mass is 478 g/mol. The molecule has 0 saturated carbocycles. The van der Waals surface area contributed by atoms with E-state index < -0.39 is 66.0 Å². The molecule has 11 nitrogen and oxygen atoms in total. The molecule has 2 aliphatic carbocycles. The van der Waals surface area contributed by atoms with E-state index >= 15 is 0 Å². The van der Waals surface area contributed by atoms with Gasteiger partial charge in [0.1, 0.15) is 21.3 Å². The number of rotatable bonds is 10. The maximum Gasteiger partial charge on any atom is 0.297 e. The summed E-state index contributed by atoms with van der Waals surface area (Å²) < 4.78 is 75.0. The summed E-state index contributed by atoms with van der Waals surface area (Å²) in [6, 6.07) is 0. The van der Waals surface area contributed by atoms with Crippen LogP contribution in [0.5, 0.6) is 0 Å². The van der Waals surface area contributed by atoms with E-state index in [-0.39, 0.29) is 24.7 Å². The van der Waals surface area contributed by atoms with Crippen LogP contribution in [-0.4, -0.2) is 55.8 Å². The van der Waals surface area contributed by atoms with E-state index in [1.807, 2.05) is 0 Å². The molecule has 0 aromatic heterocycles. The molecule has 0 spiro atoms. The maximum atomic E-state index is 12.5. The predicted molar refractivity (Wildman–Crippen MR) is 106 cm³/mol. The van der Waals surface area contributed by atoms with Gasteiger partial charge in [0.2, 0.25) is 11.6 Å². The van der Waals surface area contributed by atoms with E-state index in [4.69, 9.17) is 22.6 Å². The number of ketones is 2. The van der Waals surface area contributed by atoms with E-state index in [0.717, 1.165) is 12.2 Å². The van der Waals surface area contributed by atoms with Crippen LogP contribution in [0.25, 0.3) is 0 Å². The number of carbonyl (C=O) groups is 2. The van der Waals surface area contributed by atoms with Crippen molar-refractivity contribution in [3.05, 3.63) is 45.0 Å². The lowest BCUT2D eigenvalue weighted by Gasteiger charge is -2.22. The lowest BCUT2D eigenvalue weighted by Crippen LogP contribution is -2.23. The molecule has 0 atom stereocenters. The second-order valence-corrected chi connectivity index (χ2v) is 9.30. The number of Topliss-reactive ketones (excluding diaryl/α,β-unsaturated/α-hetero) is 2. The van der Waals surface area contributed by atoms with Crippen molar-refractivity contribution in [2.24, 2.45) is 0 Å². The third-order valence-corrected chi connectivity index (χ3v) is 7.07. The Morgan fingerprint density at radius 3 is 1.39 bits per heavy atom. The fourth-order valence-electron chi connectivity index (χ4n) is 2.71. The van der Waals surface area contributed by atoms with E-state index in [1.165, 1.54) is 28.1 Å². The Hall–Kier alpha value is -2.48. The fraction of sp³-hybridized carbons (Fsp3) is 0.444. The summed E-state index contributed by atoms with van der Waals surface area (Å²) in [6.45, 7) is 2.47. The van der Waals surface area contributed by atoms with Gasteiger partial charge < -0.3 is 14.2 Å². The molecule has 0 N–H and O–H groups in total. The number of allylic oxidation sites excluding steroid dienone is 6. The Kier molecular flexibility index (Phi) is 7.81. The summed E-state index contributed by atoms with van der Waals surface area (Å²) >= 11 is 0. The second-order valence-electron chi connectivity index (χ2n) is 6.02. The Morgan fingerprint density at radius 2 is 1.10 bits per heavy atom. The van der Waals surface area contributed by atoms with Crippen molar-refractivity contribution in [3.63, 3.8) is 0 Å². The molecule has 0 heterocycles. The molecule has 0 bridgehead atoms. The van der Waals surface area contributed by atoms with Crippen LogP contribution in [0, 0.1) is 0 Å². The van der Waals surface area contributed by atoms with E-state index in [1.54, 1.807) is 0 Å². The lowest BCUT2D eigenvalue weighted by molar-refractivity contribution is -0.118. The smallest absolute Gasteiger partial charge is 0.297 e. The highest BCUT2D eigenvalue weighted by atomic mass is 32.2. The highest BCUT2D eigenvalue weighted by Gasteiger charge is 2.36. The Morgan fingerprint density at radius 1 is 0.742 bits per heavy atom. The average Bonchev–Trinajstić information content (AvgIpc) is 2.69. The van der Waals surface area contributed by atoms with Gasteiger partial charge in [-0.15, -0.1) is 0 Å². The first kappa shape index (κ1) is 24.8. The molecule has 0 aliphatic heterocycles. The highest BCUT2D eigenvalue weighted by molar-refractivity contribution is 7.91. The number of hydrogen-bond donors (Lipinski definition) is 0. The fourth-order valence-corrected chi connectivity index (χ4v) is 4.93. The van der Waals surface area contributed by atoms with Gasteiger partial charge in [0, 0.05) is 12.2 Å². The number of methoxy groups -OCH3 is 2. The normalized spacial score (nSPS) is 18.1. The Bertz CT molecular complexity index is 1020. The zero-order valence-electron chi connectivity index (χ0n) is 17.3. The Balaban J connectivity index is 2.72. The van der Waals surface area contributed by atoms with Gasteiger partial charge in [-0.2, -0.15) is 16.8 Å². The predicted octanol–water partition coefficient (Wildman–Crippen LogP) is 1.17. The lowest BCUT2D eigenvalue weighted by atomic mass is 10.1. The molecule has 31 heavy (non-hydrogen) atoms. The molecule has 13 heteroatoms. The van der Waals surface area contributed by atoms with Gasteiger partial charge in [0.05, 0.1) is 40.3 Å². The largest absolute Gasteiger partial charge is 0.493 e. The van der Waals surface area contributed by atoms with Gasteiger partial charge in [0.25, 0.3) is 20.2 Å². The molecule has 172 valence electrons. The van der Waals surface area contributed by atoms with Crippen LogP contribution >= 0.6 is 0 Å². The maximum absolute atomic E-state index is 12.5. The van der Waals surface area contributed by atoms with Crippen molar-refractivity contribution in [2.45, 2.75) is 26.7 Å². The van der Waals surface area contributed by atoms with Gasteiger partial charge in [-0.05, 0) is 13.8 Å². The number of hydrogen-bond acceptors (Lipinski definition) is 11. The second kappa shape index (κ2) is 9.77. The SMILES string of the molecule is CCOS(=O)(=O)C1=C(OC2=C(S(=O)(=O)OCC)CC(=O)C(OC)=C2)C=C(OC)C(=O)C1. The molecule has 2 aliphatic rings. The summed E-state index contributed by atoms with van der Waals surface area (Å²) in [5, 5.41) is 0. The summed E-state index contributed by atoms with van der Waals surface area (Å²) in [5.74, 6) is -2.49. The van der Waals surface area contributed by atoms with Crippen molar-refractivity contribution in [1.29, 1.82) is 0 Å². The third-order valence-electron chi connectivity index (χ3n) is 4.08. The van der Waals surface area contributed by atoms with Crippen LogP contribution in [0.4, 0.5) is 0 Å². The van der Waals surface area contributed by atoms with E-state index in [9.17, 15) is 26.4 Å². The molecule has 0 amide bonds. The topological polar surface area (TPSA) is 149 Å². The van der Waals surface area contributed by atoms with Crippen molar-refractivity contribution in [3.8, 4) is 0 Å². The van der Waals surface area contributed by atoms with Crippen LogP contribution in [0.1, 0.15) is 26.7 Å². The van der Waals surface area contributed by atoms with E-state index in [2.05, 4.69) is 0 Å². The number of carbonyl (C=O) groups excluding carboxylic acids is 2. The Labute approximate surface area is 180 Å².